The normalized spacial score (nSPS) is 24.8. The van der Waals surface area contributed by atoms with Crippen molar-refractivity contribution in [3.05, 3.63) is 66.8 Å². The summed E-state index contributed by atoms with van der Waals surface area (Å²) in [5.74, 6) is 1.21. The van der Waals surface area contributed by atoms with Crippen molar-refractivity contribution >= 4 is 17.6 Å². The summed E-state index contributed by atoms with van der Waals surface area (Å²) in [5.41, 5.74) is 6.91. The summed E-state index contributed by atoms with van der Waals surface area (Å²) >= 11 is 0. The SMILES string of the molecule is C=CC(=O)NC1(C)C=CC=CC1C1CCNc2c(C(N)=O)c(-c3ccc(OCC4CC4)cc3)nn21. The molecular formula is C27H31N5O3. The van der Waals surface area contributed by atoms with Gasteiger partial charge in [0, 0.05) is 18.0 Å². The first-order valence-corrected chi connectivity index (χ1v) is 12.1. The lowest BCUT2D eigenvalue weighted by atomic mass is 9.76. The number of nitrogens with zero attached hydrogens (tertiary/aromatic N) is 2. The van der Waals surface area contributed by atoms with Gasteiger partial charge in [0.15, 0.2) is 0 Å². The van der Waals surface area contributed by atoms with Crippen LogP contribution in [0.4, 0.5) is 5.82 Å². The number of fused-ring (bicyclic) bond motifs is 1. The zero-order chi connectivity index (χ0) is 24.6. The van der Waals surface area contributed by atoms with Crippen LogP contribution in [-0.4, -0.2) is 40.3 Å². The molecule has 35 heavy (non-hydrogen) atoms. The van der Waals surface area contributed by atoms with E-state index in [0.717, 1.165) is 24.3 Å². The Balaban J connectivity index is 1.50. The van der Waals surface area contributed by atoms with Crippen LogP contribution in [0.2, 0.25) is 0 Å². The second-order valence-electron chi connectivity index (χ2n) is 9.69. The molecule has 8 heteroatoms. The molecule has 1 aromatic carbocycles. The third-order valence-corrected chi connectivity index (χ3v) is 7.07. The number of nitrogens with two attached hydrogens (primary N) is 1. The number of benzene rings is 1. The van der Waals surface area contributed by atoms with Crippen LogP contribution in [-0.2, 0) is 4.79 Å². The van der Waals surface area contributed by atoms with Crippen LogP contribution in [0, 0.1) is 11.8 Å². The average Bonchev–Trinajstić information content (AvgIpc) is 3.60. The highest BCUT2D eigenvalue weighted by Gasteiger charge is 2.42. The van der Waals surface area contributed by atoms with E-state index in [1.54, 1.807) is 0 Å². The van der Waals surface area contributed by atoms with Gasteiger partial charge in [-0.3, -0.25) is 9.59 Å². The van der Waals surface area contributed by atoms with Crippen LogP contribution in [0.1, 0.15) is 42.6 Å². The first-order valence-electron chi connectivity index (χ1n) is 12.1. The summed E-state index contributed by atoms with van der Waals surface area (Å²) in [5, 5.41) is 11.3. The topological polar surface area (TPSA) is 111 Å². The first-order chi connectivity index (χ1) is 16.9. The van der Waals surface area contributed by atoms with E-state index in [9.17, 15) is 9.59 Å². The molecule has 4 N–H and O–H groups in total. The van der Waals surface area contributed by atoms with Crippen LogP contribution >= 0.6 is 0 Å². The van der Waals surface area contributed by atoms with E-state index >= 15 is 0 Å². The summed E-state index contributed by atoms with van der Waals surface area (Å²) in [4.78, 5) is 24.8. The van der Waals surface area contributed by atoms with E-state index in [-0.39, 0.29) is 17.9 Å². The highest BCUT2D eigenvalue weighted by Crippen LogP contribution is 2.42. The van der Waals surface area contributed by atoms with Gasteiger partial charge in [-0.1, -0.05) is 30.9 Å². The third-order valence-electron chi connectivity index (χ3n) is 7.07. The maximum atomic E-state index is 12.6. The predicted molar refractivity (Wildman–Crippen MR) is 135 cm³/mol. The Morgan fingerprint density at radius 2 is 2.06 bits per heavy atom. The van der Waals surface area contributed by atoms with Crippen LogP contribution < -0.4 is 21.1 Å². The fourth-order valence-electron chi connectivity index (χ4n) is 5.00. The number of hydrogen-bond donors (Lipinski definition) is 3. The van der Waals surface area contributed by atoms with E-state index in [2.05, 4.69) is 23.3 Å². The number of rotatable bonds is 8. The Bertz CT molecular complexity index is 1210. The molecule has 0 radical (unpaired) electrons. The molecule has 8 nitrogen and oxygen atoms in total. The van der Waals surface area contributed by atoms with Crippen molar-refractivity contribution in [3.8, 4) is 17.0 Å². The number of aromatic nitrogens is 2. The zero-order valence-corrected chi connectivity index (χ0v) is 19.9. The molecule has 182 valence electrons. The van der Waals surface area contributed by atoms with Gasteiger partial charge in [-0.15, -0.1) is 0 Å². The lowest BCUT2D eigenvalue weighted by Gasteiger charge is -2.42. The van der Waals surface area contributed by atoms with Gasteiger partial charge in [-0.2, -0.15) is 5.10 Å². The smallest absolute Gasteiger partial charge is 0.254 e. The number of hydrogen-bond acceptors (Lipinski definition) is 5. The number of anilines is 1. The molecule has 3 aliphatic rings. The monoisotopic (exact) mass is 473 g/mol. The molecule has 1 aliphatic heterocycles. The van der Waals surface area contributed by atoms with Crippen molar-refractivity contribution in [1.29, 1.82) is 0 Å². The number of carbonyl (C=O) groups excluding carboxylic acids is 2. The van der Waals surface area contributed by atoms with Crippen molar-refractivity contribution in [2.75, 3.05) is 18.5 Å². The molecule has 1 saturated carbocycles. The van der Waals surface area contributed by atoms with E-state index in [4.69, 9.17) is 15.6 Å². The molecule has 1 aromatic heterocycles. The lowest BCUT2D eigenvalue weighted by molar-refractivity contribution is -0.118. The molecule has 2 heterocycles. The molecule has 2 amide bonds. The fraction of sp³-hybridized carbons (Fsp3) is 0.370. The standard InChI is InChI=1S/C27H31N5O3/c1-3-22(33)30-27(2)14-5-4-6-20(27)21-13-15-29-26-23(25(28)34)24(31-32(21)26)18-9-11-19(12-10-18)35-16-17-7-8-17/h3-6,9-12,14,17,20-21,29H,1,7-8,13,15-16H2,2H3,(H2,28,34)(H,30,33). The molecule has 5 rings (SSSR count). The van der Waals surface area contributed by atoms with Crippen LogP contribution in [0.3, 0.4) is 0 Å². The number of amides is 2. The highest BCUT2D eigenvalue weighted by atomic mass is 16.5. The number of ether oxygens (including phenoxy) is 1. The van der Waals surface area contributed by atoms with Crippen molar-refractivity contribution in [2.24, 2.45) is 17.6 Å². The summed E-state index contributed by atoms with van der Waals surface area (Å²) in [6.07, 6.45) is 12.5. The van der Waals surface area contributed by atoms with Crippen molar-refractivity contribution < 1.29 is 14.3 Å². The van der Waals surface area contributed by atoms with Gasteiger partial charge >= 0.3 is 0 Å². The van der Waals surface area contributed by atoms with E-state index in [0.29, 0.717) is 29.5 Å². The van der Waals surface area contributed by atoms with Gasteiger partial charge in [0.25, 0.3) is 5.91 Å². The summed E-state index contributed by atoms with van der Waals surface area (Å²) in [6, 6.07) is 7.53. The van der Waals surface area contributed by atoms with Gasteiger partial charge in [0.05, 0.1) is 18.2 Å². The number of carbonyl (C=O) groups is 2. The zero-order valence-electron chi connectivity index (χ0n) is 19.9. The quantitative estimate of drug-likeness (QED) is 0.508. The van der Waals surface area contributed by atoms with Crippen molar-refractivity contribution in [3.63, 3.8) is 0 Å². The Kier molecular flexibility index (Phi) is 5.96. The number of primary amides is 1. The molecular weight excluding hydrogens is 442 g/mol. The van der Waals surface area contributed by atoms with Crippen LogP contribution in [0.15, 0.2) is 61.2 Å². The summed E-state index contributed by atoms with van der Waals surface area (Å²) in [6.45, 7) is 6.97. The molecule has 0 saturated heterocycles. The van der Waals surface area contributed by atoms with E-state index in [1.807, 2.05) is 54.1 Å². The Morgan fingerprint density at radius 3 is 2.74 bits per heavy atom. The molecule has 2 aliphatic carbocycles. The van der Waals surface area contributed by atoms with Crippen molar-refractivity contribution in [2.45, 2.75) is 37.8 Å². The fourth-order valence-corrected chi connectivity index (χ4v) is 5.00. The Labute approximate surface area is 204 Å². The second kappa shape index (κ2) is 9.09. The molecule has 2 aromatic rings. The first kappa shape index (κ1) is 23.0. The maximum absolute atomic E-state index is 12.6. The Hall–Kier alpha value is -3.81. The molecule has 3 atom stereocenters. The number of nitrogens with one attached hydrogen (secondary N) is 2. The molecule has 1 fully saturated rings. The number of allylic oxidation sites excluding steroid dienone is 2. The van der Waals surface area contributed by atoms with E-state index in [1.165, 1.54) is 18.9 Å². The minimum Gasteiger partial charge on any atom is -0.493 e. The van der Waals surface area contributed by atoms with Crippen LogP contribution in [0.5, 0.6) is 5.75 Å². The van der Waals surface area contributed by atoms with Gasteiger partial charge in [0.2, 0.25) is 5.91 Å². The maximum Gasteiger partial charge on any atom is 0.254 e. The minimum absolute atomic E-state index is 0.0936. The molecule has 0 bridgehead atoms. The highest BCUT2D eigenvalue weighted by molar-refractivity contribution is 6.03. The van der Waals surface area contributed by atoms with Gasteiger partial charge in [0.1, 0.15) is 22.8 Å². The Morgan fingerprint density at radius 1 is 1.29 bits per heavy atom. The average molecular weight is 474 g/mol. The lowest BCUT2D eigenvalue weighted by Crippen LogP contribution is -2.53. The molecule has 3 unspecified atom stereocenters. The van der Waals surface area contributed by atoms with Crippen molar-refractivity contribution in [1.82, 2.24) is 15.1 Å². The largest absolute Gasteiger partial charge is 0.493 e. The van der Waals surface area contributed by atoms with Gasteiger partial charge in [-0.05, 0) is 62.4 Å². The van der Waals surface area contributed by atoms with E-state index < -0.39 is 11.4 Å². The predicted octanol–water partition coefficient (Wildman–Crippen LogP) is 3.60. The summed E-state index contributed by atoms with van der Waals surface area (Å²) in [7, 11) is 0. The third kappa shape index (κ3) is 4.48. The van der Waals surface area contributed by atoms with Crippen LogP contribution in [0.25, 0.3) is 11.3 Å². The van der Waals surface area contributed by atoms with Gasteiger partial charge < -0.3 is 21.1 Å². The summed E-state index contributed by atoms with van der Waals surface area (Å²) < 4.78 is 7.72. The second-order valence-corrected chi connectivity index (χ2v) is 9.69. The minimum atomic E-state index is -0.640. The van der Waals surface area contributed by atoms with Gasteiger partial charge in [-0.25, -0.2) is 4.68 Å². The molecule has 0 spiro atoms.